The molecule has 0 bridgehead atoms. The van der Waals surface area contributed by atoms with Crippen LogP contribution in [0.2, 0.25) is 0 Å². The Hall–Kier alpha value is -3.52. The van der Waals surface area contributed by atoms with E-state index >= 15 is 0 Å². The first-order chi connectivity index (χ1) is 19.6. The Morgan fingerprint density at radius 1 is 1.07 bits per heavy atom. The normalized spacial score (nSPS) is 18.0. The third kappa shape index (κ3) is 6.87. The average Bonchev–Trinajstić information content (AvgIpc) is 3.30. The Morgan fingerprint density at radius 3 is 2.46 bits per heavy atom. The molecule has 5 rings (SSSR count). The SMILES string of the molecule is CC(C)(CN1CCC(NC(=O)/C=C/c2ccc(F)cc2)(C(=O)NCCc2c[nH]c3ccc(F)cc23)CC1)C1CCC1. The summed E-state index contributed by atoms with van der Waals surface area (Å²) in [5, 5.41) is 6.88. The lowest BCUT2D eigenvalue weighted by Gasteiger charge is -2.47. The molecule has 1 aromatic heterocycles. The highest BCUT2D eigenvalue weighted by Gasteiger charge is 2.44. The molecular formula is C33H40F2N4O2. The summed E-state index contributed by atoms with van der Waals surface area (Å²) in [4.78, 5) is 32.3. The van der Waals surface area contributed by atoms with Gasteiger partial charge < -0.3 is 20.5 Å². The number of halogens is 2. The Kier molecular flexibility index (Phi) is 8.59. The molecule has 218 valence electrons. The number of piperidine rings is 1. The van der Waals surface area contributed by atoms with Crippen LogP contribution in [0.5, 0.6) is 0 Å². The molecule has 2 heterocycles. The molecule has 1 aliphatic carbocycles. The molecule has 0 spiro atoms. The van der Waals surface area contributed by atoms with Crippen molar-refractivity contribution in [1.29, 1.82) is 0 Å². The molecule has 2 fully saturated rings. The van der Waals surface area contributed by atoms with E-state index in [9.17, 15) is 18.4 Å². The highest BCUT2D eigenvalue weighted by molar-refractivity contribution is 5.97. The molecular weight excluding hydrogens is 522 g/mol. The number of H-pyrrole nitrogens is 1. The van der Waals surface area contributed by atoms with Crippen LogP contribution in [0.15, 0.2) is 54.7 Å². The summed E-state index contributed by atoms with van der Waals surface area (Å²) in [7, 11) is 0. The maximum Gasteiger partial charge on any atom is 0.245 e. The van der Waals surface area contributed by atoms with Crippen LogP contribution < -0.4 is 10.6 Å². The summed E-state index contributed by atoms with van der Waals surface area (Å²) in [5.41, 5.74) is 1.66. The molecule has 41 heavy (non-hydrogen) atoms. The first kappa shape index (κ1) is 29.0. The highest BCUT2D eigenvalue weighted by atomic mass is 19.1. The monoisotopic (exact) mass is 562 g/mol. The third-order valence-corrected chi connectivity index (χ3v) is 9.05. The van der Waals surface area contributed by atoms with E-state index in [2.05, 4.69) is 34.4 Å². The van der Waals surface area contributed by atoms with Crippen molar-refractivity contribution >= 4 is 28.8 Å². The van der Waals surface area contributed by atoms with Crippen molar-refractivity contribution in [2.24, 2.45) is 11.3 Å². The number of amides is 2. The minimum Gasteiger partial charge on any atom is -0.361 e. The number of carbonyl (C=O) groups excluding carboxylic acids is 2. The zero-order valence-electron chi connectivity index (χ0n) is 23.9. The summed E-state index contributed by atoms with van der Waals surface area (Å²) in [6.07, 6.45) is 10.3. The second kappa shape index (κ2) is 12.1. The van der Waals surface area contributed by atoms with Gasteiger partial charge in [0.1, 0.15) is 17.2 Å². The fraction of sp³-hybridized carbons (Fsp3) is 0.455. The standard InChI is InChI=1S/C33H40F2N4O2/c1-32(2,25-4-3-5-25)22-39-18-15-33(16-19-39,38-30(40)13-8-23-6-9-26(34)10-7-23)31(41)36-17-14-24-21-37-29-12-11-27(35)20-28(24)29/h6-13,20-21,25,37H,3-5,14-19,22H2,1-2H3,(H,36,41)(H,38,40)/b13-8+. The Labute approximate surface area is 240 Å². The van der Waals surface area contributed by atoms with Crippen molar-refractivity contribution in [1.82, 2.24) is 20.5 Å². The molecule has 1 saturated heterocycles. The smallest absolute Gasteiger partial charge is 0.245 e. The predicted molar refractivity (Wildman–Crippen MR) is 158 cm³/mol. The van der Waals surface area contributed by atoms with Crippen LogP contribution in [0.3, 0.4) is 0 Å². The van der Waals surface area contributed by atoms with Gasteiger partial charge in [-0.25, -0.2) is 8.78 Å². The number of carbonyl (C=O) groups is 2. The third-order valence-electron chi connectivity index (χ3n) is 9.05. The van der Waals surface area contributed by atoms with Crippen LogP contribution in [0.1, 0.15) is 57.1 Å². The van der Waals surface area contributed by atoms with Crippen molar-refractivity contribution in [3.05, 3.63) is 77.5 Å². The molecule has 2 aliphatic rings. The van der Waals surface area contributed by atoms with E-state index in [0.29, 0.717) is 44.5 Å². The van der Waals surface area contributed by atoms with Crippen LogP contribution in [0.25, 0.3) is 17.0 Å². The van der Waals surface area contributed by atoms with Gasteiger partial charge in [0.25, 0.3) is 0 Å². The summed E-state index contributed by atoms with van der Waals surface area (Å²) in [6, 6.07) is 10.5. The van der Waals surface area contributed by atoms with Gasteiger partial charge in [0.05, 0.1) is 0 Å². The van der Waals surface area contributed by atoms with E-state index in [1.807, 2.05) is 6.20 Å². The lowest BCUT2D eigenvalue weighted by atomic mass is 9.67. The van der Waals surface area contributed by atoms with Gasteiger partial charge in [0, 0.05) is 49.4 Å². The fourth-order valence-corrected chi connectivity index (χ4v) is 6.26. The molecule has 1 saturated carbocycles. The van der Waals surface area contributed by atoms with Gasteiger partial charge >= 0.3 is 0 Å². The molecule has 8 heteroatoms. The largest absolute Gasteiger partial charge is 0.361 e. The number of rotatable bonds is 10. The number of aromatic nitrogens is 1. The van der Waals surface area contributed by atoms with Crippen LogP contribution in [0, 0.1) is 23.0 Å². The van der Waals surface area contributed by atoms with Crippen LogP contribution in [-0.2, 0) is 16.0 Å². The molecule has 0 radical (unpaired) electrons. The van der Waals surface area contributed by atoms with E-state index < -0.39 is 5.54 Å². The van der Waals surface area contributed by atoms with Gasteiger partial charge in [-0.2, -0.15) is 0 Å². The van der Waals surface area contributed by atoms with Crippen molar-refractivity contribution in [3.8, 4) is 0 Å². The van der Waals surface area contributed by atoms with E-state index in [0.717, 1.165) is 28.9 Å². The van der Waals surface area contributed by atoms with E-state index in [1.165, 1.54) is 49.6 Å². The zero-order valence-corrected chi connectivity index (χ0v) is 23.9. The van der Waals surface area contributed by atoms with Crippen LogP contribution in [0.4, 0.5) is 8.78 Å². The summed E-state index contributed by atoms with van der Waals surface area (Å²) < 4.78 is 27.1. The molecule has 0 unspecified atom stereocenters. The summed E-state index contributed by atoms with van der Waals surface area (Å²) in [6.45, 7) is 7.45. The number of benzene rings is 2. The Balaban J connectivity index is 1.25. The fourth-order valence-electron chi connectivity index (χ4n) is 6.26. The second-order valence-corrected chi connectivity index (χ2v) is 12.4. The number of nitrogens with one attached hydrogen (secondary N) is 3. The number of hydrogen-bond donors (Lipinski definition) is 3. The van der Waals surface area contributed by atoms with E-state index in [-0.39, 0.29) is 28.9 Å². The predicted octanol–water partition coefficient (Wildman–Crippen LogP) is 5.60. The molecule has 1 aliphatic heterocycles. The number of fused-ring (bicyclic) bond motifs is 1. The van der Waals surface area contributed by atoms with E-state index in [4.69, 9.17) is 0 Å². The Morgan fingerprint density at radius 2 is 1.78 bits per heavy atom. The Bertz CT molecular complexity index is 1400. The van der Waals surface area contributed by atoms with Crippen molar-refractivity contribution in [2.75, 3.05) is 26.2 Å². The molecule has 6 nitrogen and oxygen atoms in total. The number of likely N-dealkylation sites (tertiary alicyclic amines) is 1. The van der Waals surface area contributed by atoms with Crippen molar-refractivity contribution < 1.29 is 18.4 Å². The maximum absolute atomic E-state index is 13.8. The summed E-state index contributed by atoms with van der Waals surface area (Å²) >= 11 is 0. The van der Waals surface area contributed by atoms with Gasteiger partial charge in [0.15, 0.2) is 0 Å². The van der Waals surface area contributed by atoms with Crippen LogP contribution >= 0.6 is 0 Å². The van der Waals surface area contributed by atoms with Gasteiger partial charge in [-0.1, -0.05) is 32.4 Å². The molecule has 3 aromatic rings. The molecule has 2 amide bonds. The van der Waals surface area contributed by atoms with Gasteiger partial charge in [0.2, 0.25) is 11.8 Å². The van der Waals surface area contributed by atoms with Crippen molar-refractivity contribution in [2.45, 2.75) is 57.9 Å². The summed E-state index contributed by atoms with van der Waals surface area (Å²) in [5.74, 6) is -0.464. The lowest BCUT2D eigenvalue weighted by molar-refractivity contribution is -0.134. The first-order valence-electron chi connectivity index (χ1n) is 14.7. The molecule has 0 atom stereocenters. The topological polar surface area (TPSA) is 77.2 Å². The highest BCUT2D eigenvalue weighted by Crippen LogP contribution is 2.42. The maximum atomic E-state index is 13.8. The quantitative estimate of drug-likeness (QED) is 0.282. The van der Waals surface area contributed by atoms with Gasteiger partial charge in [-0.3, -0.25) is 9.59 Å². The van der Waals surface area contributed by atoms with E-state index in [1.54, 1.807) is 24.3 Å². The lowest BCUT2D eigenvalue weighted by Crippen LogP contribution is -2.63. The number of aromatic amines is 1. The minimum absolute atomic E-state index is 0.204. The van der Waals surface area contributed by atoms with Gasteiger partial charge in [-0.15, -0.1) is 0 Å². The van der Waals surface area contributed by atoms with Crippen LogP contribution in [-0.4, -0.2) is 53.4 Å². The average molecular weight is 563 g/mol. The first-order valence-corrected chi connectivity index (χ1v) is 14.7. The molecule has 3 N–H and O–H groups in total. The van der Waals surface area contributed by atoms with Crippen molar-refractivity contribution in [3.63, 3.8) is 0 Å². The zero-order chi connectivity index (χ0) is 29.0. The molecule has 2 aromatic carbocycles. The number of hydrogen-bond acceptors (Lipinski definition) is 3. The minimum atomic E-state index is -1.03. The second-order valence-electron chi connectivity index (χ2n) is 12.4. The van der Waals surface area contributed by atoms with Gasteiger partial charge in [-0.05, 0) is 91.0 Å². The number of nitrogens with zero attached hydrogens (tertiary/aromatic N) is 1.